The van der Waals surface area contributed by atoms with Crippen LogP contribution in [0.25, 0.3) is 0 Å². The van der Waals surface area contributed by atoms with E-state index in [4.69, 9.17) is 23.2 Å². The second-order valence-electron chi connectivity index (χ2n) is 8.36. The Balaban J connectivity index is 2.23. The topological polar surface area (TPSA) is 86.8 Å². The van der Waals surface area contributed by atoms with E-state index in [1.54, 1.807) is 11.0 Å². The normalized spacial score (nSPS) is 12.2. The molecule has 2 aromatic carbocycles. The summed E-state index contributed by atoms with van der Waals surface area (Å²) >= 11 is 12.3. The van der Waals surface area contributed by atoms with E-state index in [0.717, 1.165) is 21.7 Å². The Hall–Kier alpha value is -2.29. The summed E-state index contributed by atoms with van der Waals surface area (Å²) in [6, 6.07) is 11.8. The van der Waals surface area contributed by atoms with E-state index in [2.05, 4.69) is 5.32 Å². The van der Waals surface area contributed by atoms with Gasteiger partial charge in [0.15, 0.2) is 0 Å². The Labute approximate surface area is 218 Å². The van der Waals surface area contributed by atoms with E-state index in [-0.39, 0.29) is 48.5 Å². The van der Waals surface area contributed by atoms with Crippen LogP contribution >= 0.6 is 23.2 Å². The van der Waals surface area contributed by atoms with Crippen LogP contribution in [0.3, 0.4) is 0 Å². The third kappa shape index (κ3) is 8.40. The van der Waals surface area contributed by atoms with Gasteiger partial charge in [-0.05, 0) is 50.5 Å². The van der Waals surface area contributed by atoms with Crippen molar-refractivity contribution < 1.29 is 18.0 Å². The number of rotatable bonds is 12. The number of hydrogen-bond acceptors (Lipinski definition) is 4. The molecule has 0 aliphatic rings. The van der Waals surface area contributed by atoms with E-state index in [1.165, 1.54) is 12.1 Å². The molecule has 0 radical (unpaired) electrons. The third-order valence-electron chi connectivity index (χ3n) is 5.54. The first-order valence-corrected chi connectivity index (χ1v) is 14.1. The number of nitrogens with zero attached hydrogens (tertiary/aromatic N) is 2. The minimum atomic E-state index is -3.67. The highest BCUT2D eigenvalue weighted by molar-refractivity contribution is 7.92. The van der Waals surface area contributed by atoms with Gasteiger partial charge in [0, 0.05) is 31.1 Å². The summed E-state index contributed by atoms with van der Waals surface area (Å²) in [6.07, 6.45) is 1.84. The number of aryl methyl sites for hydroxylation is 1. The highest BCUT2D eigenvalue weighted by atomic mass is 35.5. The Morgan fingerprint density at radius 1 is 1.06 bits per heavy atom. The Bertz CT molecular complexity index is 1120. The molecular formula is C25H33Cl2N3O4S. The standard InChI is InChI=1S/C25H33Cl2N3O4S/c1-5-22(25(32)28-6-2)29(17-19-11-9-18(3)10-12-19)24(31)8-7-15-30(35(4,33)34)23-16-20(26)13-14-21(23)27/h9-14,16,22H,5-8,15,17H2,1-4H3,(H,28,32)/t22-/m1/s1. The average Bonchev–Trinajstić information content (AvgIpc) is 2.79. The lowest BCUT2D eigenvalue weighted by Crippen LogP contribution is -2.49. The van der Waals surface area contributed by atoms with Gasteiger partial charge in [-0.15, -0.1) is 0 Å². The van der Waals surface area contributed by atoms with Crippen molar-refractivity contribution in [3.63, 3.8) is 0 Å². The molecule has 0 spiro atoms. The smallest absolute Gasteiger partial charge is 0.242 e. The van der Waals surface area contributed by atoms with Gasteiger partial charge in [0.1, 0.15) is 6.04 Å². The van der Waals surface area contributed by atoms with Crippen molar-refractivity contribution in [1.29, 1.82) is 0 Å². The molecule has 0 heterocycles. The van der Waals surface area contributed by atoms with Crippen molar-refractivity contribution in [3.05, 3.63) is 63.6 Å². The molecule has 7 nitrogen and oxygen atoms in total. The third-order valence-corrected chi connectivity index (χ3v) is 7.27. The lowest BCUT2D eigenvalue weighted by molar-refractivity contribution is -0.141. The molecule has 2 amide bonds. The van der Waals surface area contributed by atoms with E-state index in [0.29, 0.717) is 18.0 Å². The van der Waals surface area contributed by atoms with Crippen molar-refractivity contribution in [1.82, 2.24) is 10.2 Å². The highest BCUT2D eigenvalue weighted by Gasteiger charge is 2.28. The molecule has 0 fully saturated rings. The van der Waals surface area contributed by atoms with Gasteiger partial charge in [0.25, 0.3) is 0 Å². The molecule has 35 heavy (non-hydrogen) atoms. The number of nitrogens with one attached hydrogen (secondary N) is 1. The van der Waals surface area contributed by atoms with Crippen LogP contribution < -0.4 is 9.62 Å². The first-order valence-electron chi connectivity index (χ1n) is 11.5. The van der Waals surface area contributed by atoms with Crippen LogP contribution in [-0.2, 0) is 26.2 Å². The van der Waals surface area contributed by atoms with Crippen LogP contribution in [0.2, 0.25) is 10.0 Å². The van der Waals surface area contributed by atoms with E-state index in [1.807, 2.05) is 45.0 Å². The molecule has 0 saturated heterocycles. The summed E-state index contributed by atoms with van der Waals surface area (Å²) in [6.45, 7) is 6.46. The fourth-order valence-corrected chi connectivity index (χ4v) is 5.17. The molecule has 0 aromatic heterocycles. The van der Waals surface area contributed by atoms with Crippen LogP contribution in [0.15, 0.2) is 42.5 Å². The van der Waals surface area contributed by atoms with Gasteiger partial charge >= 0.3 is 0 Å². The zero-order valence-corrected chi connectivity index (χ0v) is 22.9. The molecule has 0 aliphatic heterocycles. The molecule has 1 atom stereocenters. The van der Waals surface area contributed by atoms with Crippen LogP contribution in [-0.4, -0.2) is 50.5 Å². The van der Waals surface area contributed by atoms with Gasteiger partial charge in [-0.1, -0.05) is 60.0 Å². The van der Waals surface area contributed by atoms with E-state index >= 15 is 0 Å². The minimum Gasteiger partial charge on any atom is -0.355 e. The first-order chi connectivity index (χ1) is 16.5. The summed E-state index contributed by atoms with van der Waals surface area (Å²) in [7, 11) is -3.67. The zero-order valence-electron chi connectivity index (χ0n) is 20.6. The molecular weight excluding hydrogens is 509 g/mol. The van der Waals surface area contributed by atoms with Crippen LogP contribution in [0.5, 0.6) is 0 Å². The van der Waals surface area contributed by atoms with Crippen LogP contribution in [0, 0.1) is 6.92 Å². The molecule has 2 aromatic rings. The molecule has 10 heteroatoms. The lowest BCUT2D eigenvalue weighted by Gasteiger charge is -2.31. The Morgan fingerprint density at radius 3 is 2.29 bits per heavy atom. The van der Waals surface area contributed by atoms with Crippen molar-refractivity contribution >= 4 is 50.7 Å². The number of carbonyl (C=O) groups excluding carboxylic acids is 2. The van der Waals surface area contributed by atoms with Crippen molar-refractivity contribution in [3.8, 4) is 0 Å². The number of anilines is 1. The van der Waals surface area contributed by atoms with Crippen molar-refractivity contribution in [2.45, 2.75) is 52.6 Å². The molecule has 0 bridgehead atoms. The number of benzene rings is 2. The largest absolute Gasteiger partial charge is 0.355 e. The van der Waals surface area contributed by atoms with Crippen LogP contribution in [0.1, 0.15) is 44.2 Å². The summed E-state index contributed by atoms with van der Waals surface area (Å²) in [5.74, 6) is -0.437. The fourth-order valence-electron chi connectivity index (χ4n) is 3.76. The molecule has 2 rings (SSSR count). The van der Waals surface area contributed by atoms with Gasteiger partial charge < -0.3 is 10.2 Å². The van der Waals surface area contributed by atoms with Gasteiger partial charge in [-0.25, -0.2) is 8.42 Å². The number of sulfonamides is 1. The average molecular weight is 543 g/mol. The molecule has 0 aliphatic carbocycles. The summed E-state index contributed by atoms with van der Waals surface area (Å²) < 4.78 is 26.1. The number of likely N-dealkylation sites (N-methyl/N-ethyl adjacent to an activating group) is 1. The Morgan fingerprint density at radius 2 is 1.71 bits per heavy atom. The lowest BCUT2D eigenvalue weighted by atomic mass is 10.1. The van der Waals surface area contributed by atoms with Crippen LogP contribution in [0.4, 0.5) is 5.69 Å². The number of hydrogen-bond donors (Lipinski definition) is 1. The maximum atomic E-state index is 13.3. The number of carbonyl (C=O) groups is 2. The fraction of sp³-hybridized carbons (Fsp3) is 0.440. The minimum absolute atomic E-state index is 0.0426. The van der Waals surface area contributed by atoms with E-state index < -0.39 is 16.1 Å². The molecule has 0 saturated carbocycles. The zero-order chi connectivity index (χ0) is 26.2. The van der Waals surface area contributed by atoms with Gasteiger partial charge in [-0.3, -0.25) is 13.9 Å². The van der Waals surface area contributed by atoms with Gasteiger partial charge in [0.2, 0.25) is 21.8 Å². The van der Waals surface area contributed by atoms with E-state index in [9.17, 15) is 18.0 Å². The number of amides is 2. The summed E-state index contributed by atoms with van der Waals surface area (Å²) in [4.78, 5) is 27.6. The molecule has 1 N–H and O–H groups in total. The molecule has 192 valence electrons. The maximum Gasteiger partial charge on any atom is 0.242 e. The predicted octanol–water partition coefficient (Wildman–Crippen LogP) is 4.79. The maximum absolute atomic E-state index is 13.3. The van der Waals surface area contributed by atoms with Gasteiger partial charge in [-0.2, -0.15) is 0 Å². The monoisotopic (exact) mass is 541 g/mol. The van der Waals surface area contributed by atoms with Gasteiger partial charge in [0.05, 0.1) is 17.0 Å². The summed E-state index contributed by atoms with van der Waals surface area (Å²) in [5, 5.41) is 3.40. The number of halogens is 2. The predicted molar refractivity (Wildman–Crippen MR) is 142 cm³/mol. The quantitative estimate of drug-likeness (QED) is 0.418. The molecule has 0 unspecified atom stereocenters. The summed E-state index contributed by atoms with van der Waals surface area (Å²) in [5.41, 5.74) is 2.28. The second-order valence-corrected chi connectivity index (χ2v) is 11.1. The first kappa shape index (κ1) is 28.9. The highest BCUT2D eigenvalue weighted by Crippen LogP contribution is 2.31. The van der Waals surface area contributed by atoms with Crippen molar-refractivity contribution in [2.24, 2.45) is 0 Å². The SMILES string of the molecule is CCNC(=O)[C@@H](CC)N(Cc1ccc(C)cc1)C(=O)CCCN(c1cc(Cl)ccc1Cl)S(C)(=O)=O. The van der Waals surface area contributed by atoms with Crippen molar-refractivity contribution in [2.75, 3.05) is 23.7 Å². The second kappa shape index (κ2) is 13.1. The Kier molecular flexibility index (Phi) is 10.9.